The lowest BCUT2D eigenvalue weighted by Crippen LogP contribution is -2.10. The van der Waals surface area contributed by atoms with Gasteiger partial charge in [0.25, 0.3) is 0 Å². The lowest BCUT2D eigenvalue weighted by atomic mass is 10.2. The highest BCUT2D eigenvalue weighted by atomic mass is 35.5. The number of halogens is 3. The van der Waals surface area contributed by atoms with Gasteiger partial charge in [-0.1, -0.05) is 29.3 Å². The maximum absolute atomic E-state index is 5.96. The van der Waals surface area contributed by atoms with Crippen molar-refractivity contribution in [1.82, 2.24) is 4.90 Å². The van der Waals surface area contributed by atoms with Crippen molar-refractivity contribution in [3.63, 3.8) is 0 Å². The van der Waals surface area contributed by atoms with Crippen LogP contribution in [0.15, 0.2) is 18.2 Å². The number of nitrogens with zero attached hydrogens (tertiary/aromatic N) is 1. The minimum Gasteiger partial charge on any atom is -0.305 e. The van der Waals surface area contributed by atoms with Crippen LogP contribution >= 0.6 is 35.6 Å². The molecule has 0 radical (unpaired) electrons. The van der Waals surface area contributed by atoms with Crippen LogP contribution in [0, 0.1) is 0 Å². The average molecular weight is 241 g/mol. The molecule has 0 amide bonds. The van der Waals surface area contributed by atoms with Crippen LogP contribution < -0.4 is 0 Å². The van der Waals surface area contributed by atoms with Gasteiger partial charge in [-0.05, 0) is 31.8 Å². The molecule has 0 unspecified atom stereocenters. The molecule has 0 aliphatic carbocycles. The molecule has 1 aromatic carbocycles. The Morgan fingerprint density at radius 3 is 2.31 bits per heavy atom. The summed E-state index contributed by atoms with van der Waals surface area (Å²) in [5.41, 5.74) is 1.10. The van der Waals surface area contributed by atoms with E-state index in [4.69, 9.17) is 23.2 Å². The minimum atomic E-state index is 0. The molecule has 0 heterocycles. The molecule has 1 rings (SSSR count). The molecule has 74 valence electrons. The van der Waals surface area contributed by atoms with Crippen molar-refractivity contribution in [1.29, 1.82) is 0 Å². The second kappa shape index (κ2) is 5.71. The maximum atomic E-state index is 5.96. The van der Waals surface area contributed by atoms with Gasteiger partial charge in [-0.25, -0.2) is 0 Å². The largest absolute Gasteiger partial charge is 0.305 e. The first-order chi connectivity index (χ1) is 5.59. The van der Waals surface area contributed by atoms with E-state index in [1.807, 2.05) is 26.2 Å². The van der Waals surface area contributed by atoms with Gasteiger partial charge in [0.1, 0.15) is 0 Å². The fourth-order valence-corrected chi connectivity index (χ4v) is 1.46. The van der Waals surface area contributed by atoms with Crippen LogP contribution in [-0.2, 0) is 6.54 Å². The highest BCUT2D eigenvalue weighted by molar-refractivity contribution is 6.35. The number of hydrogen-bond acceptors (Lipinski definition) is 1. The van der Waals surface area contributed by atoms with Crippen LogP contribution in [0.2, 0.25) is 10.0 Å². The molecule has 0 saturated heterocycles. The van der Waals surface area contributed by atoms with E-state index >= 15 is 0 Å². The van der Waals surface area contributed by atoms with E-state index in [2.05, 4.69) is 4.90 Å². The fraction of sp³-hybridized carbons (Fsp3) is 0.333. The van der Waals surface area contributed by atoms with E-state index in [0.717, 1.165) is 17.1 Å². The van der Waals surface area contributed by atoms with Gasteiger partial charge >= 0.3 is 0 Å². The van der Waals surface area contributed by atoms with Crippen molar-refractivity contribution in [2.24, 2.45) is 0 Å². The second-order valence-electron chi connectivity index (χ2n) is 2.97. The van der Waals surface area contributed by atoms with Gasteiger partial charge in [0, 0.05) is 16.6 Å². The topological polar surface area (TPSA) is 3.24 Å². The summed E-state index contributed by atoms with van der Waals surface area (Å²) in [4.78, 5) is 2.06. The molecule has 0 saturated carbocycles. The summed E-state index contributed by atoms with van der Waals surface area (Å²) in [5.74, 6) is 0. The maximum Gasteiger partial charge on any atom is 0.0465 e. The Balaban J connectivity index is 0.00000144. The normalized spacial score (nSPS) is 9.92. The number of rotatable bonds is 2. The quantitative estimate of drug-likeness (QED) is 0.765. The Morgan fingerprint density at radius 1 is 1.23 bits per heavy atom. The van der Waals surface area contributed by atoms with Crippen LogP contribution in [0.5, 0.6) is 0 Å². The third-order valence-corrected chi connectivity index (χ3v) is 2.09. The molecule has 0 fully saturated rings. The zero-order chi connectivity index (χ0) is 9.14. The van der Waals surface area contributed by atoms with Gasteiger partial charge in [0.05, 0.1) is 0 Å². The summed E-state index contributed by atoms with van der Waals surface area (Å²) in [6.07, 6.45) is 0. The fourth-order valence-electron chi connectivity index (χ4n) is 0.991. The van der Waals surface area contributed by atoms with Crippen LogP contribution in [-0.4, -0.2) is 19.0 Å². The van der Waals surface area contributed by atoms with Crippen molar-refractivity contribution in [3.05, 3.63) is 33.8 Å². The van der Waals surface area contributed by atoms with Gasteiger partial charge in [-0.3, -0.25) is 0 Å². The van der Waals surface area contributed by atoms with Crippen molar-refractivity contribution >= 4 is 35.6 Å². The third-order valence-electron chi connectivity index (χ3n) is 1.50. The summed E-state index contributed by atoms with van der Waals surface area (Å²) in [6.45, 7) is 0.843. The standard InChI is InChI=1S/C9H11Cl2N.ClH/c1-12(2)6-7-3-4-8(10)5-9(7)11;/h3-5H,6H2,1-2H3;1H. The Kier molecular flexibility index (Phi) is 5.73. The van der Waals surface area contributed by atoms with E-state index in [1.54, 1.807) is 6.07 Å². The molecule has 0 aromatic heterocycles. The average Bonchev–Trinajstić information content (AvgIpc) is 1.94. The SMILES string of the molecule is CN(C)Cc1ccc(Cl)cc1Cl.Cl. The third kappa shape index (κ3) is 4.19. The summed E-state index contributed by atoms with van der Waals surface area (Å²) in [7, 11) is 4.01. The zero-order valence-electron chi connectivity index (χ0n) is 7.55. The highest BCUT2D eigenvalue weighted by Crippen LogP contribution is 2.21. The van der Waals surface area contributed by atoms with Crippen molar-refractivity contribution < 1.29 is 0 Å². The number of hydrogen-bond donors (Lipinski definition) is 0. The van der Waals surface area contributed by atoms with Crippen LogP contribution in [0.3, 0.4) is 0 Å². The van der Waals surface area contributed by atoms with Gasteiger partial charge in [0.15, 0.2) is 0 Å². The lowest BCUT2D eigenvalue weighted by molar-refractivity contribution is 0.402. The van der Waals surface area contributed by atoms with E-state index in [-0.39, 0.29) is 12.4 Å². The van der Waals surface area contributed by atoms with E-state index < -0.39 is 0 Å². The smallest absolute Gasteiger partial charge is 0.0465 e. The predicted octanol–water partition coefficient (Wildman–Crippen LogP) is 3.48. The molecule has 0 aliphatic rings. The zero-order valence-corrected chi connectivity index (χ0v) is 9.88. The monoisotopic (exact) mass is 239 g/mol. The molecule has 0 aliphatic heterocycles. The summed E-state index contributed by atoms with van der Waals surface area (Å²) in [6, 6.07) is 5.57. The van der Waals surface area contributed by atoms with Crippen LogP contribution in [0.1, 0.15) is 5.56 Å². The van der Waals surface area contributed by atoms with Crippen molar-refractivity contribution in [2.75, 3.05) is 14.1 Å². The Morgan fingerprint density at radius 2 is 1.85 bits per heavy atom. The lowest BCUT2D eigenvalue weighted by Gasteiger charge is -2.10. The first kappa shape index (κ1) is 13.1. The molecule has 0 N–H and O–H groups in total. The molecule has 13 heavy (non-hydrogen) atoms. The van der Waals surface area contributed by atoms with Crippen LogP contribution in [0.25, 0.3) is 0 Å². The second-order valence-corrected chi connectivity index (χ2v) is 3.82. The molecule has 1 aromatic rings. The molecule has 0 bridgehead atoms. The molecule has 0 atom stereocenters. The first-order valence-electron chi connectivity index (χ1n) is 3.68. The molecule has 1 nitrogen and oxygen atoms in total. The Bertz CT molecular complexity index is 274. The Hall–Kier alpha value is 0.0500. The molecular formula is C9H12Cl3N. The first-order valence-corrected chi connectivity index (χ1v) is 4.44. The van der Waals surface area contributed by atoms with E-state index in [9.17, 15) is 0 Å². The summed E-state index contributed by atoms with van der Waals surface area (Å²) < 4.78 is 0. The molecule has 0 spiro atoms. The Labute approximate surface area is 95.0 Å². The van der Waals surface area contributed by atoms with E-state index in [0.29, 0.717) is 5.02 Å². The van der Waals surface area contributed by atoms with E-state index in [1.165, 1.54) is 0 Å². The van der Waals surface area contributed by atoms with Crippen molar-refractivity contribution in [3.8, 4) is 0 Å². The summed E-state index contributed by atoms with van der Waals surface area (Å²) in [5, 5.41) is 1.42. The molecular weight excluding hydrogens is 228 g/mol. The predicted molar refractivity (Wildman–Crippen MR) is 61.1 cm³/mol. The van der Waals surface area contributed by atoms with Gasteiger partial charge in [-0.2, -0.15) is 0 Å². The van der Waals surface area contributed by atoms with Gasteiger partial charge in [0.2, 0.25) is 0 Å². The number of benzene rings is 1. The van der Waals surface area contributed by atoms with Crippen LogP contribution in [0.4, 0.5) is 0 Å². The van der Waals surface area contributed by atoms with Gasteiger partial charge in [-0.15, -0.1) is 12.4 Å². The minimum absolute atomic E-state index is 0. The summed E-state index contributed by atoms with van der Waals surface area (Å²) >= 11 is 11.7. The molecule has 4 heteroatoms. The van der Waals surface area contributed by atoms with Crippen molar-refractivity contribution in [2.45, 2.75) is 6.54 Å². The highest BCUT2D eigenvalue weighted by Gasteiger charge is 2.01. The van der Waals surface area contributed by atoms with Gasteiger partial charge < -0.3 is 4.90 Å².